The van der Waals surface area contributed by atoms with Crippen LogP contribution in [0.25, 0.3) is 44.3 Å². The van der Waals surface area contributed by atoms with Gasteiger partial charge in [-0.1, -0.05) is 23.2 Å². The lowest BCUT2D eigenvalue weighted by molar-refractivity contribution is 0.482. The van der Waals surface area contributed by atoms with Gasteiger partial charge in [0, 0.05) is 26.2 Å². The first-order valence-corrected chi connectivity index (χ1v) is 10.9. The highest BCUT2D eigenvalue weighted by Gasteiger charge is 2.28. The molecule has 0 radical (unpaired) electrons. The van der Waals surface area contributed by atoms with Crippen molar-refractivity contribution in [2.45, 2.75) is 0 Å². The van der Waals surface area contributed by atoms with Crippen molar-refractivity contribution < 1.29 is 9.15 Å². The van der Waals surface area contributed by atoms with Gasteiger partial charge < -0.3 is 19.5 Å². The molecule has 0 unspecified atom stereocenters. The van der Waals surface area contributed by atoms with Crippen LogP contribution in [-0.4, -0.2) is 24.1 Å². The van der Waals surface area contributed by atoms with Gasteiger partial charge in [-0.25, -0.2) is 14.6 Å². The maximum absolute atomic E-state index is 12.0. The quantitative estimate of drug-likeness (QED) is 0.296. The van der Waals surface area contributed by atoms with Crippen LogP contribution in [0.5, 0.6) is 11.5 Å². The molecule has 0 atom stereocenters. The van der Waals surface area contributed by atoms with Crippen molar-refractivity contribution in [3.8, 4) is 11.5 Å². The maximum Gasteiger partial charge on any atom is 0.348 e. The molecule has 0 bridgehead atoms. The molecule has 168 valence electrons. The van der Waals surface area contributed by atoms with Crippen LogP contribution in [0.2, 0.25) is 10.0 Å². The highest BCUT2D eigenvalue weighted by molar-refractivity contribution is 6.43. The van der Waals surface area contributed by atoms with E-state index in [9.17, 15) is 9.59 Å². The summed E-state index contributed by atoms with van der Waals surface area (Å²) in [4.78, 5) is 35.4. The zero-order valence-electron chi connectivity index (χ0n) is 17.5. The normalized spacial score (nSPS) is 12.8. The molecule has 3 aromatic heterocycles. The summed E-state index contributed by atoms with van der Waals surface area (Å²) >= 11 is 13.5. The number of nitrogens with zero attached hydrogens (tertiary/aromatic N) is 4. The fourth-order valence-corrected chi connectivity index (χ4v) is 4.82. The lowest BCUT2D eigenvalue weighted by Crippen LogP contribution is -2.11. The monoisotopic (exact) mass is 494 g/mol. The molecule has 0 fully saturated rings. The van der Waals surface area contributed by atoms with Crippen molar-refractivity contribution >= 4 is 78.8 Å². The minimum Gasteiger partial charge on any atom is -0.451 e. The van der Waals surface area contributed by atoms with E-state index in [1.165, 1.54) is 9.13 Å². The summed E-state index contributed by atoms with van der Waals surface area (Å²) in [5.41, 5.74) is 4.28. The number of ether oxygens (including phenoxy) is 1. The van der Waals surface area contributed by atoms with E-state index < -0.39 is 0 Å². The van der Waals surface area contributed by atoms with Gasteiger partial charge >= 0.3 is 11.4 Å². The summed E-state index contributed by atoms with van der Waals surface area (Å²) in [6.07, 6.45) is 0. The summed E-state index contributed by atoms with van der Waals surface area (Å²) in [6.45, 7) is 0. The van der Waals surface area contributed by atoms with E-state index in [0.717, 1.165) is 0 Å². The lowest BCUT2D eigenvalue weighted by Gasteiger charge is -2.24. The van der Waals surface area contributed by atoms with Gasteiger partial charge in [0.15, 0.2) is 22.7 Å². The topological polar surface area (TPSA) is 120 Å². The molecular formula is C22H12Cl2N6O4. The Morgan fingerprint density at radius 2 is 1.76 bits per heavy atom. The molecule has 6 aromatic rings. The molecule has 1 aliphatic heterocycles. The molecule has 3 aromatic carbocycles. The van der Waals surface area contributed by atoms with Crippen molar-refractivity contribution in [1.82, 2.24) is 24.1 Å². The van der Waals surface area contributed by atoms with Crippen molar-refractivity contribution in [2.75, 3.05) is 5.32 Å². The van der Waals surface area contributed by atoms with Crippen molar-refractivity contribution in [3.05, 3.63) is 55.3 Å². The second-order valence-electron chi connectivity index (χ2n) is 8.07. The second kappa shape index (κ2) is 6.31. The number of fused-ring (bicyclic) bond motifs is 6. The molecule has 34 heavy (non-hydrogen) atoms. The molecule has 0 spiro atoms. The Bertz CT molecular complexity index is 2020. The molecule has 0 saturated carbocycles. The maximum atomic E-state index is 12.0. The SMILES string of the molecule is Cn1c(=O)nc2cc3oc4c(Cl)c5c(c(Cl)c4nc3cc21)Oc1cc2[nH]c(=O)n(C)c2cc1N5. The largest absolute Gasteiger partial charge is 0.451 e. The average molecular weight is 495 g/mol. The molecule has 2 N–H and O–H groups in total. The number of aromatic amines is 1. The number of aryl methyl sites for hydroxylation is 2. The fraction of sp³-hybridized carbons (Fsp3) is 0.0909. The Labute approximate surface area is 198 Å². The van der Waals surface area contributed by atoms with Crippen LogP contribution in [0.1, 0.15) is 0 Å². The summed E-state index contributed by atoms with van der Waals surface area (Å²) in [5.74, 6) is 0.756. The van der Waals surface area contributed by atoms with E-state index in [-0.39, 0.29) is 32.8 Å². The number of aromatic nitrogens is 5. The molecular weight excluding hydrogens is 483 g/mol. The molecule has 10 nitrogen and oxygen atoms in total. The molecule has 0 saturated heterocycles. The van der Waals surface area contributed by atoms with Crippen LogP contribution in [0.4, 0.5) is 11.4 Å². The Morgan fingerprint density at radius 3 is 2.59 bits per heavy atom. The van der Waals surface area contributed by atoms with Gasteiger partial charge in [0.2, 0.25) is 0 Å². The number of hydrogen-bond donors (Lipinski definition) is 2. The minimum absolute atomic E-state index is 0.203. The van der Waals surface area contributed by atoms with Gasteiger partial charge in [0.1, 0.15) is 26.8 Å². The van der Waals surface area contributed by atoms with Crippen LogP contribution in [-0.2, 0) is 14.1 Å². The smallest absolute Gasteiger partial charge is 0.348 e. The van der Waals surface area contributed by atoms with E-state index in [4.69, 9.17) is 32.4 Å². The van der Waals surface area contributed by atoms with E-state index >= 15 is 0 Å². The summed E-state index contributed by atoms with van der Waals surface area (Å²) in [6, 6.07) is 6.86. The number of nitrogens with one attached hydrogen (secondary N) is 2. The van der Waals surface area contributed by atoms with Crippen LogP contribution in [0.3, 0.4) is 0 Å². The third kappa shape index (κ3) is 2.41. The van der Waals surface area contributed by atoms with E-state index in [0.29, 0.717) is 55.8 Å². The van der Waals surface area contributed by atoms with Crippen molar-refractivity contribution in [1.29, 1.82) is 0 Å². The molecule has 12 heteroatoms. The molecule has 4 heterocycles. The second-order valence-corrected chi connectivity index (χ2v) is 8.82. The van der Waals surface area contributed by atoms with Gasteiger partial charge in [-0.2, -0.15) is 4.98 Å². The zero-order chi connectivity index (χ0) is 23.5. The van der Waals surface area contributed by atoms with E-state index in [1.807, 2.05) is 0 Å². The van der Waals surface area contributed by atoms with Gasteiger partial charge in [-0.3, -0.25) is 9.13 Å². The van der Waals surface area contributed by atoms with E-state index in [2.05, 4.69) is 20.3 Å². The van der Waals surface area contributed by atoms with Gasteiger partial charge in [-0.05, 0) is 12.1 Å². The number of anilines is 2. The Kier molecular flexibility index (Phi) is 3.61. The predicted octanol–water partition coefficient (Wildman–Crippen LogP) is 4.56. The number of halogens is 2. The van der Waals surface area contributed by atoms with Crippen LogP contribution >= 0.6 is 23.2 Å². The third-order valence-corrected chi connectivity index (χ3v) is 6.82. The average Bonchev–Trinajstić information content (AvgIpc) is 3.26. The lowest BCUT2D eigenvalue weighted by atomic mass is 10.1. The number of rotatable bonds is 0. The molecule has 0 amide bonds. The first kappa shape index (κ1) is 19.4. The molecule has 1 aliphatic rings. The first-order valence-electron chi connectivity index (χ1n) is 10.1. The highest BCUT2D eigenvalue weighted by atomic mass is 35.5. The van der Waals surface area contributed by atoms with Crippen LogP contribution in [0.15, 0.2) is 38.3 Å². The standard InChI is InChI=1S/C22H12Cl2N6O4/c1-29-11-3-9-13(5-7(11)27-21(29)31)33-19-16(24)18-20(15(23)17(19)25-9)34-14-6-8-12(4-10(14)26-18)30(2)22(32)28-8/h3-6,25H,1-2H3,(H,27,31). The van der Waals surface area contributed by atoms with Crippen LogP contribution < -0.4 is 21.4 Å². The summed E-state index contributed by atoms with van der Waals surface area (Å²) < 4.78 is 15.1. The first-order chi connectivity index (χ1) is 16.3. The number of H-pyrrole nitrogens is 1. The minimum atomic E-state index is -0.370. The Morgan fingerprint density at radius 1 is 0.941 bits per heavy atom. The van der Waals surface area contributed by atoms with E-state index in [1.54, 1.807) is 38.4 Å². The Balaban J connectivity index is 1.50. The molecule has 0 aliphatic carbocycles. The number of benzene rings is 3. The van der Waals surface area contributed by atoms with Gasteiger partial charge in [-0.15, -0.1) is 0 Å². The van der Waals surface area contributed by atoms with Crippen molar-refractivity contribution in [3.63, 3.8) is 0 Å². The van der Waals surface area contributed by atoms with Crippen LogP contribution in [0, 0.1) is 0 Å². The highest BCUT2D eigenvalue weighted by Crippen LogP contribution is 2.53. The number of imidazole rings is 2. The fourth-order valence-electron chi connectivity index (χ4n) is 4.30. The van der Waals surface area contributed by atoms with Gasteiger partial charge in [0.25, 0.3) is 0 Å². The third-order valence-electron chi connectivity index (χ3n) is 6.11. The van der Waals surface area contributed by atoms with Gasteiger partial charge in [0.05, 0.1) is 27.8 Å². The summed E-state index contributed by atoms with van der Waals surface area (Å²) in [5, 5.41) is 3.67. The number of hydrogen-bond acceptors (Lipinski definition) is 7. The predicted molar refractivity (Wildman–Crippen MR) is 129 cm³/mol. The Hall–Kier alpha value is -4.02. The van der Waals surface area contributed by atoms with Crippen molar-refractivity contribution in [2.24, 2.45) is 14.1 Å². The summed E-state index contributed by atoms with van der Waals surface area (Å²) in [7, 11) is 3.31. The molecule has 7 rings (SSSR count). The zero-order valence-corrected chi connectivity index (χ0v) is 19.0.